The van der Waals surface area contributed by atoms with Gasteiger partial charge in [0.1, 0.15) is 10.0 Å². The molecule has 2 aromatic rings. The Morgan fingerprint density at radius 3 is 3.05 bits per heavy atom. The van der Waals surface area contributed by atoms with Gasteiger partial charge in [0.15, 0.2) is 5.15 Å². The van der Waals surface area contributed by atoms with Gasteiger partial charge in [0.05, 0.1) is 15.6 Å². The Kier molecular flexibility index (Phi) is 3.19. The lowest BCUT2D eigenvalue weighted by atomic mass is 9.90. The fraction of sp³-hybridized carbons (Fsp3) is 0.385. The normalized spacial score (nSPS) is 23.6. The first-order valence-electron chi connectivity index (χ1n) is 7.86. The number of thiazole rings is 1. The van der Waals surface area contributed by atoms with Gasteiger partial charge < -0.3 is 10.6 Å². The smallest absolute Gasteiger partial charge is 0.232 e. The minimum atomic E-state index is -2.53. The van der Waals surface area contributed by atoms with E-state index in [9.17, 15) is 4.79 Å². The molecule has 0 spiro atoms. The zero-order valence-corrected chi connectivity index (χ0v) is 14.6. The Hall–Kier alpha value is -1.25. The number of nitrogens with one attached hydrogen (secondary N) is 2. The fourth-order valence-corrected chi connectivity index (χ4v) is 3.47. The van der Waals surface area contributed by atoms with Gasteiger partial charge in [-0.15, -0.1) is 0 Å². The lowest BCUT2D eigenvalue weighted by Gasteiger charge is -2.16. The second-order valence-electron chi connectivity index (χ2n) is 4.80. The molecule has 1 fully saturated rings. The molecule has 1 aliphatic heterocycles. The fourth-order valence-electron chi connectivity index (χ4n) is 2.01. The number of aromatic nitrogens is 3. The van der Waals surface area contributed by atoms with Crippen LogP contribution in [-0.4, -0.2) is 27.4 Å². The SMILES string of the molecule is [2H]C([2H])([2H])[C@@]1(c2nc(Cl)c(Nc3ncc(Br)c(C)n3)s2)CCNC1=O. The summed E-state index contributed by atoms with van der Waals surface area (Å²) >= 11 is 10.5. The van der Waals surface area contributed by atoms with E-state index in [0.29, 0.717) is 10.9 Å². The third kappa shape index (κ3) is 2.70. The average Bonchev–Trinajstić information content (AvgIpc) is 3.07. The summed E-state index contributed by atoms with van der Waals surface area (Å²) in [6.07, 6.45) is 1.73. The van der Waals surface area contributed by atoms with Gasteiger partial charge in [-0.05, 0) is 36.1 Å². The minimum absolute atomic E-state index is 0.0764. The van der Waals surface area contributed by atoms with E-state index in [2.05, 4.69) is 41.5 Å². The van der Waals surface area contributed by atoms with Gasteiger partial charge in [-0.3, -0.25) is 4.79 Å². The summed E-state index contributed by atoms with van der Waals surface area (Å²) in [7, 11) is 0. The van der Waals surface area contributed by atoms with E-state index in [1.165, 1.54) is 0 Å². The molecule has 0 aromatic carbocycles. The van der Waals surface area contributed by atoms with Crippen LogP contribution in [0.3, 0.4) is 0 Å². The molecule has 2 N–H and O–H groups in total. The first-order chi connectivity index (χ1) is 11.6. The molecule has 0 saturated carbocycles. The zero-order chi connectivity index (χ0) is 18.4. The third-order valence-corrected chi connectivity index (χ3v) is 5.57. The molecule has 3 rings (SSSR count). The monoisotopic (exact) mass is 404 g/mol. The summed E-state index contributed by atoms with van der Waals surface area (Å²) in [5.74, 6) is -0.253. The predicted octanol–water partition coefficient (Wildman–Crippen LogP) is 3.18. The van der Waals surface area contributed by atoms with Crippen molar-refractivity contribution < 1.29 is 8.91 Å². The van der Waals surface area contributed by atoms with Gasteiger partial charge in [0, 0.05) is 16.9 Å². The van der Waals surface area contributed by atoms with Crippen LogP contribution in [0.25, 0.3) is 0 Å². The second-order valence-corrected chi connectivity index (χ2v) is 7.01. The highest BCUT2D eigenvalue weighted by molar-refractivity contribution is 9.10. The number of amides is 1. The number of anilines is 2. The van der Waals surface area contributed by atoms with Crippen LogP contribution in [0.2, 0.25) is 5.15 Å². The summed E-state index contributed by atoms with van der Waals surface area (Å²) in [6.45, 7) is -0.438. The van der Waals surface area contributed by atoms with E-state index >= 15 is 0 Å². The molecule has 3 heterocycles. The maximum atomic E-state index is 12.3. The maximum absolute atomic E-state index is 12.3. The van der Waals surface area contributed by atoms with Gasteiger partial charge >= 0.3 is 0 Å². The number of carbonyl (C=O) groups is 1. The highest BCUT2D eigenvalue weighted by atomic mass is 79.9. The molecule has 1 amide bonds. The number of rotatable bonds is 3. The Morgan fingerprint density at radius 2 is 2.41 bits per heavy atom. The second kappa shape index (κ2) is 5.75. The maximum Gasteiger partial charge on any atom is 0.232 e. The molecule has 1 aliphatic rings. The zero-order valence-electron chi connectivity index (χ0n) is 14.4. The topological polar surface area (TPSA) is 79.8 Å². The van der Waals surface area contributed by atoms with Crippen molar-refractivity contribution in [2.45, 2.75) is 25.6 Å². The lowest BCUT2D eigenvalue weighted by molar-refractivity contribution is -0.123. The number of hydrogen-bond donors (Lipinski definition) is 2. The molecule has 0 radical (unpaired) electrons. The van der Waals surface area contributed by atoms with Crippen LogP contribution in [-0.2, 0) is 10.2 Å². The third-order valence-electron chi connectivity index (χ3n) is 3.27. The first-order valence-corrected chi connectivity index (χ1v) is 8.35. The molecule has 0 aliphatic carbocycles. The van der Waals surface area contributed by atoms with Crippen LogP contribution in [0.5, 0.6) is 0 Å². The molecule has 6 nitrogen and oxygen atoms in total. The van der Waals surface area contributed by atoms with E-state index < -0.39 is 18.2 Å². The van der Waals surface area contributed by atoms with Crippen molar-refractivity contribution in [1.29, 1.82) is 0 Å². The van der Waals surface area contributed by atoms with Crippen LogP contribution in [0, 0.1) is 6.92 Å². The van der Waals surface area contributed by atoms with Gasteiger partial charge in [0.2, 0.25) is 11.9 Å². The average molecular weight is 406 g/mol. The molecule has 1 atom stereocenters. The van der Waals surface area contributed by atoms with Gasteiger partial charge in [-0.25, -0.2) is 15.0 Å². The summed E-state index contributed by atoms with van der Waals surface area (Å²) in [5, 5.41) is 6.14. The van der Waals surface area contributed by atoms with Crippen molar-refractivity contribution in [2.75, 3.05) is 11.9 Å². The van der Waals surface area contributed by atoms with Crippen LogP contribution >= 0.6 is 38.9 Å². The van der Waals surface area contributed by atoms with E-state index in [4.69, 9.17) is 15.7 Å². The van der Waals surface area contributed by atoms with Crippen LogP contribution < -0.4 is 10.6 Å². The van der Waals surface area contributed by atoms with Gasteiger partial charge in [-0.2, -0.15) is 0 Å². The number of aryl methyl sites for hydroxylation is 1. The molecule has 22 heavy (non-hydrogen) atoms. The molecule has 9 heteroatoms. The van der Waals surface area contributed by atoms with Crippen molar-refractivity contribution >= 4 is 55.7 Å². The molecular formula is C13H13BrClN5OS. The summed E-state index contributed by atoms with van der Waals surface area (Å²) < 4.78 is 24.3. The van der Waals surface area contributed by atoms with Crippen molar-refractivity contribution in [2.24, 2.45) is 0 Å². The lowest BCUT2D eigenvalue weighted by Crippen LogP contribution is -2.32. The van der Waals surface area contributed by atoms with Crippen molar-refractivity contribution in [3.05, 3.63) is 26.5 Å². The van der Waals surface area contributed by atoms with E-state index in [1.54, 1.807) is 6.20 Å². The quantitative estimate of drug-likeness (QED) is 0.820. The summed E-state index contributed by atoms with van der Waals surface area (Å²) in [5.41, 5.74) is -0.954. The Balaban J connectivity index is 1.99. The highest BCUT2D eigenvalue weighted by Crippen LogP contribution is 2.40. The molecule has 1 saturated heterocycles. The van der Waals surface area contributed by atoms with Gasteiger partial charge in [-0.1, -0.05) is 22.9 Å². The molecule has 0 bridgehead atoms. The first kappa shape index (κ1) is 12.2. The Labute approximate surface area is 149 Å². The highest BCUT2D eigenvalue weighted by Gasteiger charge is 2.42. The van der Waals surface area contributed by atoms with Crippen LogP contribution in [0.15, 0.2) is 10.7 Å². The number of nitrogens with zero attached hydrogens (tertiary/aromatic N) is 3. The molecular weight excluding hydrogens is 390 g/mol. The van der Waals surface area contributed by atoms with E-state index in [-0.39, 0.29) is 23.1 Å². The van der Waals surface area contributed by atoms with Gasteiger partial charge in [0.25, 0.3) is 0 Å². The Bertz CT molecular complexity index is 846. The van der Waals surface area contributed by atoms with E-state index in [0.717, 1.165) is 21.5 Å². The summed E-state index contributed by atoms with van der Waals surface area (Å²) in [4.78, 5) is 24.8. The Morgan fingerprint density at radius 1 is 1.59 bits per heavy atom. The van der Waals surface area contributed by atoms with Crippen molar-refractivity contribution in [3.8, 4) is 0 Å². The number of hydrogen-bond acceptors (Lipinski definition) is 6. The minimum Gasteiger partial charge on any atom is -0.355 e. The van der Waals surface area contributed by atoms with Crippen molar-refractivity contribution in [1.82, 2.24) is 20.3 Å². The molecule has 116 valence electrons. The molecule has 0 unspecified atom stereocenters. The largest absolute Gasteiger partial charge is 0.355 e. The van der Waals surface area contributed by atoms with Crippen LogP contribution in [0.4, 0.5) is 10.9 Å². The number of carbonyl (C=O) groups excluding carboxylic acids is 1. The van der Waals surface area contributed by atoms with E-state index in [1.807, 2.05) is 6.92 Å². The van der Waals surface area contributed by atoms with Crippen molar-refractivity contribution in [3.63, 3.8) is 0 Å². The standard InChI is InChI=1S/C13H13BrClN5OS/c1-6-7(14)5-17-12(18-6)20-9-8(15)19-11(22-9)13(2)3-4-16-10(13)21/h5H,3-4H2,1-2H3,(H,16,21)(H,17,18,20)/t13-/m1/s1/i2D3. The van der Waals surface area contributed by atoms with Crippen LogP contribution in [0.1, 0.15) is 28.1 Å². The molecule has 2 aromatic heterocycles. The predicted molar refractivity (Wildman–Crippen MR) is 89.9 cm³/mol. The number of halogens is 2. The summed E-state index contributed by atoms with van der Waals surface area (Å²) in [6, 6.07) is 0.